The van der Waals surface area contributed by atoms with Crippen LogP contribution in [0, 0.1) is 5.82 Å². The van der Waals surface area contributed by atoms with Gasteiger partial charge in [-0.15, -0.1) is 0 Å². The normalized spacial score (nSPS) is 11.1. The Hall–Kier alpha value is -4.08. The van der Waals surface area contributed by atoms with Gasteiger partial charge in [0.2, 0.25) is 5.91 Å². The van der Waals surface area contributed by atoms with Crippen LogP contribution in [0.4, 0.5) is 9.18 Å². The highest BCUT2D eigenvalue weighted by Crippen LogP contribution is 2.32. The SMILES string of the molecule is CC(=O)NNC(=O)c1c(-c2ccccn2)c(CCNC(=O)OC(C)(C)C)nc2ccc(F)cc12. The molecule has 1 aromatic carbocycles. The number of ether oxygens (including phenoxy) is 1. The fourth-order valence-electron chi connectivity index (χ4n) is 3.29. The molecule has 0 unspecified atom stereocenters. The molecule has 0 spiro atoms. The number of hydrogen-bond acceptors (Lipinski definition) is 6. The molecule has 3 aromatic rings. The molecule has 2 heterocycles. The van der Waals surface area contributed by atoms with E-state index >= 15 is 0 Å². The van der Waals surface area contributed by atoms with Crippen molar-refractivity contribution in [2.24, 2.45) is 0 Å². The summed E-state index contributed by atoms with van der Waals surface area (Å²) in [6.45, 7) is 6.69. The van der Waals surface area contributed by atoms with E-state index in [1.165, 1.54) is 25.1 Å². The quantitative estimate of drug-likeness (QED) is 0.495. The first-order valence-electron chi connectivity index (χ1n) is 10.6. The molecular formula is C24H26FN5O4. The highest BCUT2D eigenvalue weighted by Gasteiger charge is 2.24. The number of amides is 3. The van der Waals surface area contributed by atoms with Crippen LogP contribution in [0.5, 0.6) is 0 Å². The second-order valence-corrected chi connectivity index (χ2v) is 8.50. The highest BCUT2D eigenvalue weighted by molar-refractivity contribution is 6.12. The Labute approximate surface area is 196 Å². The number of fused-ring (bicyclic) bond motifs is 1. The van der Waals surface area contributed by atoms with Crippen molar-refractivity contribution in [3.05, 3.63) is 59.7 Å². The summed E-state index contributed by atoms with van der Waals surface area (Å²) in [6.07, 6.45) is 1.21. The van der Waals surface area contributed by atoms with Gasteiger partial charge in [0.25, 0.3) is 5.91 Å². The number of rotatable bonds is 5. The molecule has 0 saturated carbocycles. The van der Waals surface area contributed by atoms with E-state index in [-0.39, 0.29) is 23.9 Å². The number of nitrogens with zero attached hydrogens (tertiary/aromatic N) is 2. The van der Waals surface area contributed by atoms with Crippen molar-refractivity contribution in [3.8, 4) is 11.3 Å². The Morgan fingerprint density at radius 2 is 1.85 bits per heavy atom. The number of carbonyl (C=O) groups is 3. The highest BCUT2D eigenvalue weighted by atomic mass is 19.1. The monoisotopic (exact) mass is 467 g/mol. The minimum atomic E-state index is -0.657. The molecule has 0 atom stereocenters. The average Bonchev–Trinajstić information content (AvgIpc) is 2.76. The summed E-state index contributed by atoms with van der Waals surface area (Å²) in [5, 5.41) is 2.93. The first-order valence-corrected chi connectivity index (χ1v) is 10.6. The van der Waals surface area contributed by atoms with E-state index in [0.717, 1.165) is 0 Å². The summed E-state index contributed by atoms with van der Waals surface area (Å²) in [5.74, 6) is -1.68. The van der Waals surface area contributed by atoms with Crippen LogP contribution in [-0.2, 0) is 16.0 Å². The van der Waals surface area contributed by atoms with Gasteiger partial charge in [-0.2, -0.15) is 0 Å². The fraction of sp³-hybridized carbons (Fsp3) is 0.292. The average molecular weight is 468 g/mol. The maximum absolute atomic E-state index is 14.1. The minimum Gasteiger partial charge on any atom is -0.444 e. The fourth-order valence-corrected chi connectivity index (χ4v) is 3.29. The lowest BCUT2D eigenvalue weighted by molar-refractivity contribution is -0.119. The zero-order valence-corrected chi connectivity index (χ0v) is 19.4. The number of hydrogen-bond donors (Lipinski definition) is 3. The van der Waals surface area contributed by atoms with Crippen molar-refractivity contribution in [1.29, 1.82) is 0 Å². The molecule has 0 radical (unpaired) electrons. The van der Waals surface area contributed by atoms with Crippen molar-refractivity contribution in [1.82, 2.24) is 26.1 Å². The van der Waals surface area contributed by atoms with Crippen LogP contribution >= 0.6 is 0 Å². The van der Waals surface area contributed by atoms with Crippen LogP contribution in [0.1, 0.15) is 43.7 Å². The summed E-state index contributed by atoms with van der Waals surface area (Å²) in [7, 11) is 0. The molecule has 3 N–H and O–H groups in total. The largest absolute Gasteiger partial charge is 0.444 e. The van der Waals surface area contributed by atoms with E-state index in [4.69, 9.17) is 4.74 Å². The van der Waals surface area contributed by atoms with Gasteiger partial charge in [-0.05, 0) is 51.1 Å². The predicted molar refractivity (Wildman–Crippen MR) is 124 cm³/mol. The zero-order chi connectivity index (χ0) is 24.9. The summed E-state index contributed by atoms with van der Waals surface area (Å²) >= 11 is 0. The lowest BCUT2D eigenvalue weighted by atomic mass is 9.95. The van der Waals surface area contributed by atoms with Gasteiger partial charge >= 0.3 is 6.09 Å². The summed E-state index contributed by atoms with van der Waals surface area (Å²) in [4.78, 5) is 45.6. The second kappa shape index (κ2) is 10.2. The predicted octanol–water partition coefficient (Wildman–Crippen LogP) is 3.28. The standard InChI is InChI=1S/C24H26FN5O4/c1-14(31)29-30-22(32)20-16-13-15(25)8-9-17(16)28-19(21(20)18-7-5-6-11-26-18)10-12-27-23(33)34-24(2,3)4/h5-9,11,13H,10,12H2,1-4H3,(H,27,33)(H,29,31)(H,30,32). The number of aromatic nitrogens is 2. The summed E-state index contributed by atoms with van der Waals surface area (Å²) in [5.41, 5.74) is 5.68. The van der Waals surface area contributed by atoms with E-state index in [9.17, 15) is 18.8 Å². The zero-order valence-electron chi connectivity index (χ0n) is 19.4. The van der Waals surface area contributed by atoms with Crippen LogP contribution in [0.15, 0.2) is 42.6 Å². The number of pyridine rings is 2. The van der Waals surface area contributed by atoms with Gasteiger partial charge in [0.05, 0.1) is 22.5 Å². The number of nitrogens with one attached hydrogen (secondary N) is 3. The van der Waals surface area contributed by atoms with Gasteiger partial charge in [-0.3, -0.25) is 30.4 Å². The first-order chi connectivity index (χ1) is 16.0. The molecule has 0 saturated heterocycles. The van der Waals surface area contributed by atoms with E-state index in [1.54, 1.807) is 45.2 Å². The molecule has 0 aliphatic rings. The molecule has 0 aliphatic heterocycles. The molecule has 3 amide bonds. The van der Waals surface area contributed by atoms with E-state index in [2.05, 4.69) is 26.1 Å². The summed E-state index contributed by atoms with van der Waals surface area (Å²) < 4.78 is 19.4. The number of alkyl carbamates (subject to hydrolysis) is 1. The maximum atomic E-state index is 14.1. The molecule has 0 fully saturated rings. The van der Waals surface area contributed by atoms with Crippen molar-refractivity contribution >= 4 is 28.8 Å². The third-order valence-electron chi connectivity index (χ3n) is 4.55. The number of carbonyl (C=O) groups excluding carboxylic acids is 3. The van der Waals surface area contributed by atoms with Gasteiger partial charge < -0.3 is 10.1 Å². The van der Waals surface area contributed by atoms with Crippen LogP contribution in [-0.4, -0.2) is 40.0 Å². The van der Waals surface area contributed by atoms with Gasteiger partial charge in [0, 0.05) is 37.0 Å². The molecule has 34 heavy (non-hydrogen) atoms. The lowest BCUT2D eigenvalue weighted by Gasteiger charge is -2.20. The summed E-state index contributed by atoms with van der Waals surface area (Å²) in [6, 6.07) is 9.08. The van der Waals surface area contributed by atoms with Gasteiger partial charge in [0.1, 0.15) is 11.4 Å². The molecule has 3 rings (SSSR count). The third-order valence-corrected chi connectivity index (χ3v) is 4.55. The Kier molecular flexibility index (Phi) is 7.40. The van der Waals surface area contributed by atoms with E-state index < -0.39 is 29.3 Å². The Morgan fingerprint density at radius 3 is 2.50 bits per heavy atom. The minimum absolute atomic E-state index is 0.101. The molecule has 2 aromatic heterocycles. The number of benzene rings is 1. The van der Waals surface area contributed by atoms with Crippen LogP contribution < -0.4 is 16.2 Å². The van der Waals surface area contributed by atoms with Crippen molar-refractivity contribution in [2.45, 2.75) is 39.7 Å². The Morgan fingerprint density at radius 1 is 1.09 bits per heavy atom. The Balaban J connectivity index is 2.10. The first kappa shape index (κ1) is 24.6. The topological polar surface area (TPSA) is 122 Å². The molecule has 9 nitrogen and oxygen atoms in total. The van der Waals surface area contributed by atoms with Crippen LogP contribution in [0.3, 0.4) is 0 Å². The van der Waals surface area contributed by atoms with E-state index in [0.29, 0.717) is 22.5 Å². The molecule has 178 valence electrons. The van der Waals surface area contributed by atoms with E-state index in [1.807, 2.05) is 0 Å². The maximum Gasteiger partial charge on any atom is 0.407 e. The molecular weight excluding hydrogens is 441 g/mol. The Bertz CT molecular complexity index is 1230. The smallest absolute Gasteiger partial charge is 0.407 e. The number of halogens is 1. The van der Waals surface area contributed by atoms with Gasteiger partial charge in [-0.1, -0.05) is 6.07 Å². The van der Waals surface area contributed by atoms with Gasteiger partial charge in [-0.25, -0.2) is 9.18 Å². The second-order valence-electron chi connectivity index (χ2n) is 8.50. The van der Waals surface area contributed by atoms with Gasteiger partial charge in [0.15, 0.2) is 0 Å². The molecule has 10 heteroatoms. The van der Waals surface area contributed by atoms with Crippen molar-refractivity contribution in [3.63, 3.8) is 0 Å². The molecule has 0 aliphatic carbocycles. The lowest BCUT2D eigenvalue weighted by Crippen LogP contribution is -2.40. The van der Waals surface area contributed by atoms with Crippen LogP contribution in [0.2, 0.25) is 0 Å². The molecule has 0 bridgehead atoms. The van der Waals surface area contributed by atoms with Crippen molar-refractivity contribution in [2.75, 3.05) is 6.54 Å². The number of hydrazine groups is 1. The third kappa shape index (κ3) is 6.25. The van der Waals surface area contributed by atoms with Crippen LogP contribution in [0.25, 0.3) is 22.2 Å². The van der Waals surface area contributed by atoms with Crippen molar-refractivity contribution < 1.29 is 23.5 Å².